The third kappa shape index (κ3) is 5.68. The van der Waals surface area contributed by atoms with Crippen molar-refractivity contribution in [2.45, 2.75) is 57.9 Å². The number of sulfonamides is 1. The first-order chi connectivity index (χ1) is 19.6. The highest BCUT2D eigenvalue weighted by Gasteiger charge is 2.61. The molecule has 2 aromatic carbocycles. The van der Waals surface area contributed by atoms with Crippen LogP contribution in [0.5, 0.6) is 0 Å². The maximum absolute atomic E-state index is 15.5. The van der Waals surface area contributed by atoms with Crippen LogP contribution in [0, 0.1) is 17.2 Å². The van der Waals surface area contributed by atoms with Crippen LogP contribution >= 0.6 is 23.2 Å². The van der Waals surface area contributed by atoms with Crippen LogP contribution in [0.15, 0.2) is 30.3 Å². The fourth-order valence-electron chi connectivity index (χ4n) is 6.77. The average Bonchev–Trinajstić information content (AvgIpc) is 3.43. The Kier molecular flexibility index (Phi) is 8.43. The summed E-state index contributed by atoms with van der Waals surface area (Å²) >= 11 is 12.8. The number of carbonyl (C=O) groups excluding carboxylic acids is 2. The van der Waals surface area contributed by atoms with Crippen molar-refractivity contribution in [3.05, 3.63) is 62.9 Å². The van der Waals surface area contributed by atoms with E-state index in [4.69, 9.17) is 23.2 Å². The first-order valence-electron chi connectivity index (χ1n) is 14.2. The van der Waals surface area contributed by atoms with Gasteiger partial charge < -0.3 is 10.6 Å². The molecule has 2 aromatic rings. The van der Waals surface area contributed by atoms with Gasteiger partial charge in [0.15, 0.2) is 0 Å². The van der Waals surface area contributed by atoms with Crippen molar-refractivity contribution in [2.24, 2.45) is 11.3 Å². The normalized spacial score (nSPS) is 23.5. The number of fused-ring (bicyclic) bond motifs is 2. The number of piperidine rings is 1. The van der Waals surface area contributed by atoms with Crippen LogP contribution in [0.3, 0.4) is 0 Å². The van der Waals surface area contributed by atoms with E-state index in [1.165, 1.54) is 21.5 Å². The summed E-state index contributed by atoms with van der Waals surface area (Å²) in [4.78, 5) is 29.6. The zero-order valence-electron chi connectivity index (χ0n) is 24.3. The summed E-state index contributed by atoms with van der Waals surface area (Å²) in [6.07, 6.45) is 3.35. The predicted octanol–water partition coefficient (Wildman–Crippen LogP) is 5.42. The summed E-state index contributed by atoms with van der Waals surface area (Å²) in [6.45, 7) is 7.77. The smallest absolute Gasteiger partial charge is 0.328 e. The molecule has 12 heteroatoms. The third-order valence-electron chi connectivity index (χ3n) is 8.60. The molecular formula is C30H37Cl2FN4O4S. The number of amides is 3. The zero-order valence-corrected chi connectivity index (χ0v) is 26.6. The Labute approximate surface area is 257 Å². The van der Waals surface area contributed by atoms with E-state index in [0.29, 0.717) is 68.1 Å². The molecule has 8 nitrogen and oxygen atoms in total. The Morgan fingerprint density at radius 1 is 1.19 bits per heavy atom. The first kappa shape index (κ1) is 31.2. The van der Waals surface area contributed by atoms with Gasteiger partial charge in [-0.05, 0) is 72.9 Å². The number of rotatable bonds is 5. The van der Waals surface area contributed by atoms with Crippen molar-refractivity contribution in [1.82, 2.24) is 14.9 Å². The van der Waals surface area contributed by atoms with Gasteiger partial charge in [-0.3, -0.25) is 4.79 Å². The third-order valence-corrected chi connectivity index (χ3v) is 10.4. The van der Waals surface area contributed by atoms with Crippen LogP contribution in [0.4, 0.5) is 14.9 Å². The maximum atomic E-state index is 15.5. The lowest BCUT2D eigenvalue weighted by molar-refractivity contribution is -0.123. The number of carbonyl (C=O) groups is 2. The zero-order chi connectivity index (χ0) is 30.6. The number of hydrogen-bond donors (Lipinski definition) is 2. The number of benzene rings is 2. The predicted molar refractivity (Wildman–Crippen MR) is 163 cm³/mol. The molecule has 0 aliphatic carbocycles. The van der Waals surface area contributed by atoms with Gasteiger partial charge in [0, 0.05) is 30.2 Å². The van der Waals surface area contributed by atoms with Crippen LogP contribution in [0.25, 0.3) is 0 Å². The minimum absolute atomic E-state index is 0.0374. The molecule has 0 bridgehead atoms. The lowest BCUT2D eigenvalue weighted by Crippen LogP contribution is -2.50. The summed E-state index contributed by atoms with van der Waals surface area (Å²) in [6, 6.07) is 6.92. The number of urea groups is 1. The van der Waals surface area contributed by atoms with Crippen LogP contribution in [-0.2, 0) is 26.7 Å². The number of imide groups is 1. The standard InChI is InChI=1S/C30H37Cl2FN4O4S/c1-29(2,3)16-19-14-20(31)15-23-24(19)30(10-11-34-26(30)21-6-5-7-22(32)25(21)33)27(38)37(23)28(39)35-17-18-8-12-36(13-9-18)42(4,40)41/h5-7,14-15,18,26,34H,8-13,16-17H2,1-4H3,(H,35,39)/t26-,30-/m1/s1. The highest BCUT2D eigenvalue weighted by molar-refractivity contribution is 7.88. The van der Waals surface area contributed by atoms with Gasteiger partial charge in [0.05, 0.1) is 28.4 Å². The maximum Gasteiger partial charge on any atom is 0.328 e. The van der Waals surface area contributed by atoms with Gasteiger partial charge in [-0.1, -0.05) is 56.1 Å². The summed E-state index contributed by atoms with van der Waals surface area (Å²) < 4.78 is 40.7. The lowest BCUT2D eigenvalue weighted by atomic mass is 9.69. The Bertz CT molecular complexity index is 1520. The summed E-state index contributed by atoms with van der Waals surface area (Å²) in [7, 11) is -3.26. The van der Waals surface area contributed by atoms with Gasteiger partial charge in [0.25, 0.3) is 0 Å². The van der Waals surface area contributed by atoms with Crippen molar-refractivity contribution >= 4 is 50.9 Å². The molecular weight excluding hydrogens is 602 g/mol. The number of hydrogen-bond acceptors (Lipinski definition) is 5. The quantitative estimate of drug-likeness (QED) is 0.456. The molecule has 5 rings (SSSR count). The fraction of sp³-hybridized carbons (Fsp3) is 0.533. The van der Waals surface area contributed by atoms with Crippen LogP contribution in [-0.4, -0.2) is 57.1 Å². The van der Waals surface area contributed by atoms with Gasteiger partial charge in [-0.15, -0.1) is 0 Å². The summed E-state index contributed by atoms with van der Waals surface area (Å²) in [5.74, 6) is -0.967. The molecule has 3 aliphatic rings. The molecule has 2 N–H and O–H groups in total. The fourth-order valence-corrected chi connectivity index (χ4v) is 8.06. The number of nitrogens with zero attached hydrogens (tertiary/aromatic N) is 2. The number of nitrogens with one attached hydrogen (secondary N) is 2. The SMILES string of the molecule is CC(C)(C)Cc1cc(Cl)cc2c1[C@@]1(CCN[C@@H]1c1cccc(Cl)c1F)C(=O)N2C(=O)NCC1CCN(S(C)(=O)=O)CC1. The molecule has 2 atom stereocenters. The van der Waals surface area contributed by atoms with Crippen molar-refractivity contribution in [3.8, 4) is 0 Å². The van der Waals surface area contributed by atoms with Crippen molar-refractivity contribution in [2.75, 3.05) is 37.3 Å². The van der Waals surface area contributed by atoms with Gasteiger partial charge >= 0.3 is 6.03 Å². The molecule has 228 valence electrons. The molecule has 0 saturated carbocycles. The van der Waals surface area contributed by atoms with Gasteiger partial charge in [0.2, 0.25) is 15.9 Å². The molecule has 3 amide bonds. The van der Waals surface area contributed by atoms with E-state index < -0.39 is 39.2 Å². The number of anilines is 1. The van der Waals surface area contributed by atoms with E-state index in [9.17, 15) is 18.0 Å². The molecule has 3 aliphatic heterocycles. The molecule has 0 aromatic heterocycles. The molecule has 3 heterocycles. The molecule has 0 unspecified atom stereocenters. The van der Waals surface area contributed by atoms with Crippen molar-refractivity contribution < 1.29 is 22.4 Å². The molecule has 1 spiro atoms. The number of halogens is 3. The second kappa shape index (κ2) is 11.4. The highest BCUT2D eigenvalue weighted by atomic mass is 35.5. The molecule has 0 radical (unpaired) electrons. The second-order valence-electron chi connectivity index (χ2n) is 12.9. The molecule has 2 fully saturated rings. The van der Waals surface area contributed by atoms with Gasteiger partial charge in [-0.2, -0.15) is 0 Å². The highest BCUT2D eigenvalue weighted by Crippen LogP contribution is 2.56. The Hall–Kier alpha value is -2.24. The van der Waals surface area contributed by atoms with Crippen molar-refractivity contribution in [1.29, 1.82) is 0 Å². The second-order valence-corrected chi connectivity index (χ2v) is 15.7. The van der Waals surface area contributed by atoms with E-state index in [2.05, 4.69) is 31.4 Å². The average molecular weight is 640 g/mol. The topological polar surface area (TPSA) is 98.8 Å². The van der Waals surface area contributed by atoms with Crippen LogP contribution < -0.4 is 15.5 Å². The Balaban J connectivity index is 1.53. The van der Waals surface area contributed by atoms with E-state index >= 15 is 4.39 Å². The van der Waals surface area contributed by atoms with E-state index in [-0.39, 0.29) is 21.9 Å². The molecule has 2 saturated heterocycles. The largest absolute Gasteiger partial charge is 0.337 e. The Morgan fingerprint density at radius 3 is 2.52 bits per heavy atom. The van der Waals surface area contributed by atoms with Gasteiger partial charge in [0.1, 0.15) is 5.82 Å². The summed E-state index contributed by atoms with van der Waals surface area (Å²) in [5, 5.41) is 6.64. The monoisotopic (exact) mass is 638 g/mol. The lowest BCUT2D eigenvalue weighted by Gasteiger charge is -2.33. The Morgan fingerprint density at radius 2 is 1.88 bits per heavy atom. The minimum atomic E-state index is -3.26. The van der Waals surface area contributed by atoms with Crippen molar-refractivity contribution in [3.63, 3.8) is 0 Å². The van der Waals surface area contributed by atoms with Crippen LogP contribution in [0.1, 0.15) is 62.8 Å². The first-order valence-corrected chi connectivity index (χ1v) is 16.8. The summed E-state index contributed by atoms with van der Waals surface area (Å²) in [5.41, 5.74) is 0.811. The van der Waals surface area contributed by atoms with E-state index in [1.54, 1.807) is 18.2 Å². The molecule has 42 heavy (non-hydrogen) atoms. The van der Waals surface area contributed by atoms with E-state index in [1.807, 2.05) is 6.07 Å². The van der Waals surface area contributed by atoms with Gasteiger partial charge in [-0.25, -0.2) is 26.8 Å². The van der Waals surface area contributed by atoms with E-state index in [0.717, 1.165) is 5.56 Å². The minimum Gasteiger partial charge on any atom is -0.337 e. The van der Waals surface area contributed by atoms with Crippen LogP contribution in [0.2, 0.25) is 10.0 Å².